The number of rotatable bonds is 9. The van der Waals surface area contributed by atoms with Crippen LogP contribution in [0.2, 0.25) is 0 Å². The fraction of sp³-hybridized carbons (Fsp3) is 0.115. The molecular weight excluding hydrogens is 517 g/mol. The van der Waals surface area contributed by atoms with Crippen molar-refractivity contribution in [2.24, 2.45) is 5.10 Å². The van der Waals surface area contributed by atoms with E-state index in [0.29, 0.717) is 32.8 Å². The Balaban J connectivity index is 1.35. The van der Waals surface area contributed by atoms with Crippen LogP contribution in [0.1, 0.15) is 11.1 Å². The first-order valence-electron chi connectivity index (χ1n) is 10.6. The number of ether oxygens (including phenoxy) is 3. The number of halogens is 2. The Bertz CT molecular complexity index is 1360. The molecule has 35 heavy (non-hydrogen) atoms. The first kappa shape index (κ1) is 24.2. The fourth-order valence-electron chi connectivity index (χ4n) is 3.21. The minimum atomic E-state index is -0.420. The van der Waals surface area contributed by atoms with E-state index >= 15 is 0 Å². The van der Waals surface area contributed by atoms with Crippen molar-refractivity contribution in [2.45, 2.75) is 6.61 Å². The molecule has 1 N–H and O–H groups in total. The maximum atomic E-state index is 13.1. The average Bonchev–Trinajstić information content (AvgIpc) is 2.88. The molecule has 0 aliphatic heterocycles. The molecular formula is C26H21BrFN3O4. The zero-order valence-electron chi connectivity index (χ0n) is 18.7. The highest BCUT2D eigenvalue weighted by Gasteiger charge is 2.11. The molecule has 0 aliphatic carbocycles. The molecule has 0 unspecified atom stereocenters. The van der Waals surface area contributed by atoms with Gasteiger partial charge in [0, 0.05) is 21.6 Å². The number of benzene rings is 3. The van der Waals surface area contributed by atoms with Gasteiger partial charge in [0.15, 0.2) is 18.1 Å². The Hall–Kier alpha value is -3.98. The summed E-state index contributed by atoms with van der Waals surface area (Å²) >= 11 is 3.48. The number of hydrogen-bond donors (Lipinski definition) is 1. The Labute approximate surface area is 209 Å². The van der Waals surface area contributed by atoms with Gasteiger partial charge in [-0.15, -0.1) is 0 Å². The minimum absolute atomic E-state index is 0.215. The zero-order chi connectivity index (χ0) is 24.6. The number of methoxy groups -OCH3 is 1. The van der Waals surface area contributed by atoms with Crippen molar-refractivity contribution in [1.29, 1.82) is 0 Å². The van der Waals surface area contributed by atoms with E-state index in [1.807, 2.05) is 24.3 Å². The van der Waals surface area contributed by atoms with E-state index in [-0.39, 0.29) is 19.0 Å². The molecule has 0 spiro atoms. The van der Waals surface area contributed by atoms with Crippen LogP contribution in [0.4, 0.5) is 4.39 Å². The highest BCUT2D eigenvalue weighted by Crippen LogP contribution is 2.33. The minimum Gasteiger partial charge on any atom is -0.493 e. The second kappa shape index (κ2) is 11.4. The van der Waals surface area contributed by atoms with Crippen LogP contribution in [0.25, 0.3) is 10.9 Å². The molecule has 9 heteroatoms. The molecule has 4 aromatic rings. The van der Waals surface area contributed by atoms with Gasteiger partial charge in [-0.25, -0.2) is 9.82 Å². The van der Waals surface area contributed by atoms with Crippen molar-refractivity contribution >= 4 is 39.0 Å². The van der Waals surface area contributed by atoms with E-state index in [1.54, 1.807) is 36.5 Å². The second-order valence-corrected chi connectivity index (χ2v) is 8.21. The number of pyridine rings is 1. The van der Waals surface area contributed by atoms with Crippen molar-refractivity contribution in [1.82, 2.24) is 10.4 Å². The summed E-state index contributed by atoms with van der Waals surface area (Å²) in [6.07, 6.45) is 3.15. The van der Waals surface area contributed by atoms with Crippen molar-refractivity contribution < 1.29 is 23.4 Å². The summed E-state index contributed by atoms with van der Waals surface area (Å²) in [6, 6.07) is 18.8. The number of nitrogens with one attached hydrogen (secondary N) is 1. The van der Waals surface area contributed by atoms with Gasteiger partial charge in [0.1, 0.15) is 23.7 Å². The first-order valence-corrected chi connectivity index (χ1v) is 11.4. The van der Waals surface area contributed by atoms with Crippen LogP contribution < -0.4 is 19.6 Å². The number of amides is 1. The molecule has 4 rings (SSSR count). The van der Waals surface area contributed by atoms with Gasteiger partial charge < -0.3 is 14.2 Å². The normalized spacial score (nSPS) is 10.9. The number of carbonyl (C=O) groups excluding carboxylic acids is 1. The molecule has 0 saturated heterocycles. The van der Waals surface area contributed by atoms with Gasteiger partial charge in [0.05, 0.1) is 13.3 Å². The van der Waals surface area contributed by atoms with Gasteiger partial charge in [-0.3, -0.25) is 9.78 Å². The van der Waals surface area contributed by atoms with Crippen LogP contribution >= 0.6 is 15.9 Å². The quantitative estimate of drug-likeness (QED) is 0.233. The number of nitrogens with zero attached hydrogens (tertiary/aromatic N) is 2. The summed E-state index contributed by atoms with van der Waals surface area (Å²) in [5.41, 5.74) is 4.61. The van der Waals surface area contributed by atoms with Crippen LogP contribution in [0, 0.1) is 5.82 Å². The number of hydrazone groups is 1. The van der Waals surface area contributed by atoms with Gasteiger partial charge in [0.25, 0.3) is 5.91 Å². The maximum Gasteiger partial charge on any atom is 0.277 e. The predicted octanol–water partition coefficient (Wildman–Crippen LogP) is 5.25. The lowest BCUT2D eigenvalue weighted by atomic mass is 10.2. The smallest absolute Gasteiger partial charge is 0.277 e. The van der Waals surface area contributed by atoms with Gasteiger partial charge in [-0.05, 0) is 57.9 Å². The largest absolute Gasteiger partial charge is 0.493 e. The van der Waals surface area contributed by atoms with Crippen LogP contribution in [0.3, 0.4) is 0 Å². The summed E-state index contributed by atoms with van der Waals surface area (Å²) < 4.78 is 30.6. The highest BCUT2D eigenvalue weighted by atomic mass is 79.9. The van der Waals surface area contributed by atoms with Crippen molar-refractivity contribution in [3.63, 3.8) is 0 Å². The van der Waals surface area contributed by atoms with E-state index in [0.717, 1.165) is 10.9 Å². The molecule has 178 valence electrons. The lowest BCUT2D eigenvalue weighted by Gasteiger charge is -2.13. The van der Waals surface area contributed by atoms with Crippen molar-refractivity contribution in [3.8, 4) is 17.2 Å². The summed E-state index contributed by atoms with van der Waals surface area (Å²) in [5.74, 6) is 0.779. The summed E-state index contributed by atoms with van der Waals surface area (Å²) in [5, 5.41) is 4.93. The number of para-hydroxylation sites is 1. The van der Waals surface area contributed by atoms with E-state index < -0.39 is 5.91 Å². The lowest BCUT2D eigenvalue weighted by Crippen LogP contribution is -2.24. The molecule has 1 aromatic heterocycles. The van der Waals surface area contributed by atoms with E-state index in [2.05, 4.69) is 31.4 Å². The molecule has 0 bridgehead atoms. The second-order valence-electron chi connectivity index (χ2n) is 7.35. The van der Waals surface area contributed by atoms with Gasteiger partial charge >= 0.3 is 0 Å². The van der Waals surface area contributed by atoms with Crippen LogP contribution in [-0.2, 0) is 11.4 Å². The monoisotopic (exact) mass is 537 g/mol. The number of fused-ring (bicyclic) bond motifs is 1. The zero-order valence-corrected chi connectivity index (χ0v) is 20.3. The Morgan fingerprint density at radius 3 is 2.66 bits per heavy atom. The molecule has 0 radical (unpaired) electrons. The number of aromatic nitrogens is 1. The van der Waals surface area contributed by atoms with E-state index in [9.17, 15) is 9.18 Å². The standard InChI is InChI=1S/C26H21BrFN3O4/c1-33-23-12-19(21(27)13-24(23)34-15-17-7-9-20(28)10-8-17)14-30-31-25(32)16-35-22-6-2-4-18-5-3-11-29-26(18)22/h2-14H,15-16H2,1H3,(H,31,32). The van der Waals surface area contributed by atoms with Gasteiger partial charge in [-0.1, -0.05) is 30.3 Å². The summed E-state index contributed by atoms with van der Waals surface area (Å²) in [7, 11) is 1.52. The summed E-state index contributed by atoms with van der Waals surface area (Å²) in [6.45, 7) is 0.0342. The third-order valence-electron chi connectivity index (χ3n) is 4.94. The Morgan fingerprint density at radius 1 is 1.06 bits per heavy atom. The molecule has 0 atom stereocenters. The maximum absolute atomic E-state index is 13.1. The summed E-state index contributed by atoms with van der Waals surface area (Å²) in [4.78, 5) is 16.5. The molecule has 3 aromatic carbocycles. The number of carbonyl (C=O) groups is 1. The molecule has 0 fully saturated rings. The lowest BCUT2D eigenvalue weighted by molar-refractivity contribution is -0.123. The van der Waals surface area contributed by atoms with Gasteiger partial charge in [-0.2, -0.15) is 5.10 Å². The Morgan fingerprint density at radius 2 is 1.86 bits per heavy atom. The SMILES string of the molecule is COc1cc(C=NNC(=O)COc2cccc3cccnc23)c(Br)cc1OCc1ccc(F)cc1. The van der Waals surface area contributed by atoms with Crippen LogP contribution in [0.15, 0.2) is 82.5 Å². The van der Waals surface area contributed by atoms with Gasteiger partial charge in [0.2, 0.25) is 0 Å². The number of hydrogen-bond acceptors (Lipinski definition) is 6. The van der Waals surface area contributed by atoms with E-state index in [4.69, 9.17) is 14.2 Å². The Kier molecular flexibility index (Phi) is 7.89. The third-order valence-corrected chi connectivity index (χ3v) is 5.62. The molecule has 1 amide bonds. The average molecular weight is 538 g/mol. The topological polar surface area (TPSA) is 82.0 Å². The van der Waals surface area contributed by atoms with Crippen molar-refractivity contribution in [3.05, 3.63) is 94.3 Å². The molecule has 7 nitrogen and oxygen atoms in total. The molecule has 0 saturated carbocycles. The van der Waals surface area contributed by atoms with Crippen LogP contribution in [0.5, 0.6) is 17.2 Å². The predicted molar refractivity (Wildman–Crippen MR) is 134 cm³/mol. The molecule has 0 aliphatic rings. The highest BCUT2D eigenvalue weighted by molar-refractivity contribution is 9.10. The molecule has 1 heterocycles. The first-order chi connectivity index (χ1) is 17.0. The van der Waals surface area contributed by atoms with Crippen LogP contribution in [-0.4, -0.2) is 30.8 Å². The fourth-order valence-corrected chi connectivity index (χ4v) is 3.63. The van der Waals surface area contributed by atoms with E-state index in [1.165, 1.54) is 25.5 Å². The third kappa shape index (κ3) is 6.33. The van der Waals surface area contributed by atoms with Crippen molar-refractivity contribution in [2.75, 3.05) is 13.7 Å².